The second kappa shape index (κ2) is 5.06. The first-order valence-corrected chi connectivity index (χ1v) is 7.68. The second-order valence-electron chi connectivity index (χ2n) is 6.04. The normalized spacial score (nSPS) is 11.5. The van der Waals surface area contributed by atoms with E-state index in [4.69, 9.17) is 8.83 Å². The number of rotatable bonds is 1. The van der Waals surface area contributed by atoms with Gasteiger partial charge in [0.2, 0.25) is 0 Å². The van der Waals surface area contributed by atoms with Crippen LogP contribution in [0.3, 0.4) is 0 Å². The summed E-state index contributed by atoms with van der Waals surface area (Å²) in [6.45, 7) is 5.46. The number of halogens is 1. The van der Waals surface area contributed by atoms with Crippen LogP contribution in [0.2, 0.25) is 0 Å². The van der Waals surface area contributed by atoms with Crippen LogP contribution in [0.5, 0.6) is 0 Å². The Balaban J connectivity index is 2.28. The fourth-order valence-electron chi connectivity index (χ4n) is 3.24. The minimum absolute atomic E-state index is 0.367. The van der Waals surface area contributed by atoms with E-state index in [0.717, 1.165) is 16.5 Å². The minimum atomic E-state index is -0.466. The highest BCUT2D eigenvalue weighted by Crippen LogP contribution is 2.37. The van der Waals surface area contributed by atoms with E-state index in [2.05, 4.69) is 0 Å². The van der Waals surface area contributed by atoms with Gasteiger partial charge in [0.1, 0.15) is 17.0 Å². The van der Waals surface area contributed by atoms with Crippen LogP contribution in [-0.4, -0.2) is 0 Å². The van der Waals surface area contributed by atoms with Gasteiger partial charge in [-0.05, 0) is 38.5 Å². The summed E-state index contributed by atoms with van der Waals surface area (Å²) in [5.41, 5.74) is 3.75. The highest BCUT2D eigenvalue weighted by Gasteiger charge is 2.20. The first-order chi connectivity index (χ1) is 11.5. The standard InChI is InChI=1S/C20H15FO3/c1-10-9-23-18-12(3)19-15(8-14(10)18)17(11(2)20(22)24-19)13-6-4-5-7-16(13)21/h4-9H,1-3H3. The van der Waals surface area contributed by atoms with E-state index in [1.165, 1.54) is 6.07 Å². The number of furan rings is 1. The molecule has 0 N–H and O–H groups in total. The molecular weight excluding hydrogens is 307 g/mol. The van der Waals surface area contributed by atoms with Crippen molar-refractivity contribution in [2.75, 3.05) is 0 Å². The van der Waals surface area contributed by atoms with Gasteiger partial charge in [-0.2, -0.15) is 0 Å². The summed E-state index contributed by atoms with van der Waals surface area (Å²) in [5, 5.41) is 1.65. The van der Waals surface area contributed by atoms with Crippen molar-refractivity contribution in [1.29, 1.82) is 0 Å². The van der Waals surface area contributed by atoms with E-state index in [9.17, 15) is 9.18 Å². The molecule has 0 saturated carbocycles. The predicted molar refractivity (Wildman–Crippen MR) is 91.9 cm³/mol. The van der Waals surface area contributed by atoms with Crippen molar-refractivity contribution in [3.63, 3.8) is 0 Å². The molecule has 0 unspecified atom stereocenters. The quantitative estimate of drug-likeness (QED) is 0.448. The van der Waals surface area contributed by atoms with Crippen molar-refractivity contribution in [3.05, 3.63) is 69.5 Å². The van der Waals surface area contributed by atoms with Crippen LogP contribution in [0.4, 0.5) is 4.39 Å². The van der Waals surface area contributed by atoms with E-state index in [1.807, 2.05) is 19.9 Å². The lowest BCUT2D eigenvalue weighted by atomic mass is 9.94. The van der Waals surface area contributed by atoms with E-state index < -0.39 is 5.63 Å². The van der Waals surface area contributed by atoms with Crippen molar-refractivity contribution in [1.82, 2.24) is 0 Å². The molecular formula is C20H15FO3. The van der Waals surface area contributed by atoms with Gasteiger partial charge in [0.05, 0.1) is 6.26 Å². The number of hydrogen-bond acceptors (Lipinski definition) is 3. The van der Waals surface area contributed by atoms with Crippen molar-refractivity contribution in [2.45, 2.75) is 20.8 Å². The predicted octanol–water partition coefficient (Wildman–Crippen LogP) is 5.27. The molecule has 4 aromatic rings. The Morgan fingerprint density at radius 2 is 1.71 bits per heavy atom. The molecule has 0 aliphatic rings. The monoisotopic (exact) mass is 322 g/mol. The Morgan fingerprint density at radius 1 is 0.958 bits per heavy atom. The van der Waals surface area contributed by atoms with Gasteiger partial charge in [-0.3, -0.25) is 0 Å². The molecule has 0 aliphatic heterocycles. The maximum Gasteiger partial charge on any atom is 0.339 e. The number of aryl methyl sites for hydroxylation is 2. The third-order valence-corrected chi connectivity index (χ3v) is 4.53. The Bertz CT molecular complexity index is 1170. The highest BCUT2D eigenvalue weighted by molar-refractivity contribution is 6.05. The van der Waals surface area contributed by atoms with Gasteiger partial charge in [0, 0.05) is 33.0 Å². The van der Waals surface area contributed by atoms with Gasteiger partial charge in [0.15, 0.2) is 0 Å². The Kier molecular flexibility index (Phi) is 3.10. The third-order valence-electron chi connectivity index (χ3n) is 4.53. The molecule has 0 aliphatic carbocycles. The summed E-state index contributed by atoms with van der Waals surface area (Å²) < 4.78 is 25.5. The molecule has 0 radical (unpaired) electrons. The molecule has 2 aromatic heterocycles. The van der Waals surface area contributed by atoms with Gasteiger partial charge >= 0.3 is 5.63 Å². The summed E-state index contributed by atoms with van der Waals surface area (Å²) in [7, 11) is 0. The van der Waals surface area contributed by atoms with Crippen LogP contribution in [0.15, 0.2) is 50.2 Å². The third kappa shape index (κ3) is 1.92. The Hall–Kier alpha value is -2.88. The number of hydrogen-bond donors (Lipinski definition) is 0. The largest absolute Gasteiger partial charge is 0.464 e. The van der Waals surface area contributed by atoms with E-state index in [1.54, 1.807) is 31.4 Å². The van der Waals surface area contributed by atoms with Gasteiger partial charge in [-0.25, -0.2) is 9.18 Å². The smallest absolute Gasteiger partial charge is 0.339 e. The molecule has 4 heteroatoms. The lowest BCUT2D eigenvalue weighted by Gasteiger charge is -2.12. The fraction of sp³-hybridized carbons (Fsp3) is 0.150. The van der Waals surface area contributed by atoms with Crippen molar-refractivity contribution in [2.24, 2.45) is 0 Å². The minimum Gasteiger partial charge on any atom is -0.464 e. The van der Waals surface area contributed by atoms with Crippen LogP contribution in [0.1, 0.15) is 16.7 Å². The van der Waals surface area contributed by atoms with E-state index in [0.29, 0.717) is 33.2 Å². The van der Waals surface area contributed by atoms with Crippen LogP contribution >= 0.6 is 0 Å². The zero-order valence-corrected chi connectivity index (χ0v) is 13.6. The zero-order chi connectivity index (χ0) is 17.0. The SMILES string of the molecule is Cc1c(-c2ccccc2F)c2cc3c(C)coc3c(C)c2oc1=O. The molecule has 2 heterocycles. The van der Waals surface area contributed by atoms with Gasteiger partial charge in [0.25, 0.3) is 0 Å². The lowest BCUT2D eigenvalue weighted by molar-refractivity contribution is 0.551. The first-order valence-electron chi connectivity index (χ1n) is 7.68. The molecule has 0 bridgehead atoms. The van der Waals surface area contributed by atoms with E-state index >= 15 is 0 Å². The van der Waals surface area contributed by atoms with Crippen LogP contribution < -0.4 is 5.63 Å². The van der Waals surface area contributed by atoms with Gasteiger partial charge in [-0.15, -0.1) is 0 Å². The molecule has 0 spiro atoms. The molecule has 24 heavy (non-hydrogen) atoms. The average molecular weight is 322 g/mol. The fourth-order valence-corrected chi connectivity index (χ4v) is 3.24. The molecule has 0 saturated heterocycles. The molecule has 4 rings (SSSR count). The lowest BCUT2D eigenvalue weighted by Crippen LogP contribution is -2.07. The molecule has 0 atom stereocenters. The molecule has 3 nitrogen and oxygen atoms in total. The van der Waals surface area contributed by atoms with Crippen molar-refractivity contribution in [3.8, 4) is 11.1 Å². The Morgan fingerprint density at radius 3 is 2.46 bits per heavy atom. The summed E-state index contributed by atoms with van der Waals surface area (Å²) in [4.78, 5) is 12.3. The van der Waals surface area contributed by atoms with Crippen LogP contribution in [-0.2, 0) is 0 Å². The summed E-state index contributed by atoms with van der Waals surface area (Å²) in [6.07, 6.45) is 1.67. The maximum absolute atomic E-state index is 14.4. The molecule has 0 amide bonds. The highest BCUT2D eigenvalue weighted by atomic mass is 19.1. The topological polar surface area (TPSA) is 43.4 Å². The Labute approximate surface area is 137 Å². The molecule has 0 fully saturated rings. The molecule has 2 aromatic carbocycles. The second-order valence-corrected chi connectivity index (χ2v) is 6.04. The average Bonchev–Trinajstić information content (AvgIpc) is 2.93. The van der Waals surface area contributed by atoms with Crippen molar-refractivity contribution >= 4 is 21.9 Å². The number of benzene rings is 2. The molecule has 120 valence electrons. The van der Waals surface area contributed by atoms with Crippen LogP contribution in [0, 0.1) is 26.6 Å². The number of fused-ring (bicyclic) bond motifs is 2. The van der Waals surface area contributed by atoms with Gasteiger partial charge in [-0.1, -0.05) is 18.2 Å². The summed E-state index contributed by atoms with van der Waals surface area (Å²) >= 11 is 0. The zero-order valence-electron chi connectivity index (χ0n) is 13.6. The van der Waals surface area contributed by atoms with Crippen LogP contribution in [0.25, 0.3) is 33.1 Å². The summed E-state index contributed by atoms with van der Waals surface area (Å²) in [5.74, 6) is -0.367. The summed E-state index contributed by atoms with van der Waals surface area (Å²) in [6, 6.07) is 8.37. The van der Waals surface area contributed by atoms with Gasteiger partial charge < -0.3 is 8.83 Å². The van der Waals surface area contributed by atoms with Crippen molar-refractivity contribution < 1.29 is 13.2 Å². The maximum atomic E-state index is 14.4. The van der Waals surface area contributed by atoms with E-state index in [-0.39, 0.29) is 5.82 Å². The first kappa shape index (κ1) is 14.7.